The lowest BCUT2D eigenvalue weighted by Gasteiger charge is -2.32. The molecule has 1 aromatic rings. The summed E-state index contributed by atoms with van der Waals surface area (Å²) in [5.74, 6) is -0.527. The number of primary amides is 1. The van der Waals surface area contributed by atoms with Crippen molar-refractivity contribution in [1.82, 2.24) is 4.90 Å². The van der Waals surface area contributed by atoms with Crippen LogP contribution in [0.15, 0.2) is 24.3 Å². The number of hydrogen-bond acceptors (Lipinski definition) is 3. The molecule has 1 heterocycles. The van der Waals surface area contributed by atoms with Crippen LogP contribution in [0.5, 0.6) is 0 Å². The van der Waals surface area contributed by atoms with Crippen molar-refractivity contribution in [2.75, 3.05) is 18.4 Å². The Morgan fingerprint density at radius 1 is 1.40 bits per heavy atom. The van der Waals surface area contributed by atoms with Crippen LogP contribution in [-0.4, -0.2) is 35.8 Å². The maximum absolute atomic E-state index is 12.0. The predicted molar refractivity (Wildman–Crippen MR) is 78.5 cm³/mol. The highest BCUT2D eigenvalue weighted by Gasteiger charge is 2.28. The fraction of sp³-hybridized carbons (Fsp3) is 0.429. The zero-order chi connectivity index (χ0) is 14.5. The van der Waals surface area contributed by atoms with Crippen molar-refractivity contribution in [3.63, 3.8) is 0 Å². The number of likely N-dealkylation sites (tertiary alicyclic amines) is 1. The summed E-state index contributed by atoms with van der Waals surface area (Å²) >= 11 is 5.86. The Kier molecular flexibility index (Phi) is 4.98. The van der Waals surface area contributed by atoms with Crippen LogP contribution >= 0.6 is 11.6 Å². The molecule has 1 aliphatic heterocycles. The van der Waals surface area contributed by atoms with Gasteiger partial charge < -0.3 is 11.1 Å². The first-order valence-electron chi connectivity index (χ1n) is 6.65. The molecule has 0 spiro atoms. The fourth-order valence-electron chi connectivity index (χ4n) is 2.45. The maximum atomic E-state index is 12.0. The number of nitrogens with one attached hydrogen (secondary N) is 1. The first-order valence-corrected chi connectivity index (χ1v) is 7.03. The molecule has 2 rings (SSSR count). The Bertz CT molecular complexity index is 507. The molecule has 3 N–H and O–H groups in total. The second kappa shape index (κ2) is 6.72. The SMILES string of the molecule is NC(=O)[C@@H]1CCCCN1CC(=O)Nc1cccc(Cl)c1. The van der Waals surface area contributed by atoms with Gasteiger partial charge in [-0.15, -0.1) is 0 Å². The van der Waals surface area contributed by atoms with Crippen LogP contribution in [0.3, 0.4) is 0 Å². The average molecular weight is 296 g/mol. The second-order valence-corrected chi connectivity index (χ2v) is 5.38. The molecule has 0 bridgehead atoms. The summed E-state index contributed by atoms with van der Waals surface area (Å²) in [6.45, 7) is 0.886. The van der Waals surface area contributed by atoms with Gasteiger partial charge in [-0.05, 0) is 37.6 Å². The summed E-state index contributed by atoms with van der Waals surface area (Å²) in [7, 11) is 0. The van der Waals surface area contributed by atoms with Gasteiger partial charge in [0.05, 0.1) is 12.6 Å². The molecule has 5 nitrogen and oxygen atoms in total. The van der Waals surface area contributed by atoms with E-state index < -0.39 is 0 Å². The average Bonchev–Trinajstić information content (AvgIpc) is 2.38. The Labute approximate surface area is 123 Å². The van der Waals surface area contributed by atoms with E-state index in [-0.39, 0.29) is 24.4 Å². The van der Waals surface area contributed by atoms with Gasteiger partial charge in [-0.2, -0.15) is 0 Å². The highest BCUT2D eigenvalue weighted by molar-refractivity contribution is 6.30. The first-order chi connectivity index (χ1) is 9.56. The highest BCUT2D eigenvalue weighted by Crippen LogP contribution is 2.18. The minimum Gasteiger partial charge on any atom is -0.368 e. The summed E-state index contributed by atoms with van der Waals surface area (Å²) in [4.78, 5) is 25.2. The van der Waals surface area contributed by atoms with Gasteiger partial charge in [0.15, 0.2) is 0 Å². The molecule has 1 aliphatic rings. The lowest BCUT2D eigenvalue weighted by molar-refractivity contribution is -0.126. The van der Waals surface area contributed by atoms with Gasteiger partial charge in [0.25, 0.3) is 0 Å². The minimum atomic E-state index is -0.361. The molecule has 1 fully saturated rings. The number of nitrogens with two attached hydrogens (primary N) is 1. The number of carbonyl (C=O) groups excluding carboxylic acids is 2. The van der Waals surface area contributed by atoms with Crippen LogP contribution in [0.1, 0.15) is 19.3 Å². The smallest absolute Gasteiger partial charge is 0.238 e. The van der Waals surface area contributed by atoms with Gasteiger partial charge >= 0.3 is 0 Å². The van der Waals surface area contributed by atoms with Crippen molar-refractivity contribution >= 4 is 29.1 Å². The third-order valence-corrected chi connectivity index (χ3v) is 3.63. The fourth-order valence-corrected chi connectivity index (χ4v) is 2.64. The summed E-state index contributed by atoms with van der Waals surface area (Å²) in [6, 6.07) is 6.62. The summed E-state index contributed by atoms with van der Waals surface area (Å²) in [5.41, 5.74) is 6.02. The van der Waals surface area contributed by atoms with Gasteiger partial charge in [-0.1, -0.05) is 24.1 Å². The number of rotatable bonds is 4. The highest BCUT2D eigenvalue weighted by atomic mass is 35.5. The molecule has 108 valence electrons. The summed E-state index contributed by atoms with van der Waals surface area (Å²) < 4.78 is 0. The van der Waals surface area contributed by atoms with Crippen molar-refractivity contribution < 1.29 is 9.59 Å². The van der Waals surface area contributed by atoms with E-state index in [0.717, 1.165) is 25.8 Å². The molecule has 0 aromatic heterocycles. The molecule has 6 heteroatoms. The Morgan fingerprint density at radius 3 is 2.90 bits per heavy atom. The Morgan fingerprint density at radius 2 is 2.20 bits per heavy atom. The van der Waals surface area contributed by atoms with E-state index in [9.17, 15) is 9.59 Å². The van der Waals surface area contributed by atoms with Crippen LogP contribution in [0, 0.1) is 0 Å². The lowest BCUT2D eigenvalue weighted by atomic mass is 10.0. The number of nitrogens with zero attached hydrogens (tertiary/aromatic N) is 1. The zero-order valence-electron chi connectivity index (χ0n) is 11.1. The van der Waals surface area contributed by atoms with E-state index in [1.54, 1.807) is 24.3 Å². The largest absolute Gasteiger partial charge is 0.368 e. The van der Waals surface area contributed by atoms with E-state index in [4.69, 9.17) is 17.3 Å². The molecule has 0 aliphatic carbocycles. The molecule has 1 saturated heterocycles. The van der Waals surface area contributed by atoms with E-state index >= 15 is 0 Å². The van der Waals surface area contributed by atoms with Crippen molar-refractivity contribution in [3.05, 3.63) is 29.3 Å². The van der Waals surface area contributed by atoms with Gasteiger partial charge in [0.2, 0.25) is 11.8 Å². The van der Waals surface area contributed by atoms with Crippen LogP contribution in [0.25, 0.3) is 0 Å². The number of carbonyl (C=O) groups is 2. The van der Waals surface area contributed by atoms with Crippen LogP contribution in [0.2, 0.25) is 5.02 Å². The van der Waals surface area contributed by atoms with Crippen molar-refractivity contribution in [3.8, 4) is 0 Å². The number of piperidine rings is 1. The number of anilines is 1. The summed E-state index contributed by atoms with van der Waals surface area (Å²) in [5, 5.41) is 3.34. The van der Waals surface area contributed by atoms with Crippen LogP contribution in [-0.2, 0) is 9.59 Å². The zero-order valence-corrected chi connectivity index (χ0v) is 11.9. The first kappa shape index (κ1) is 14.8. The monoisotopic (exact) mass is 295 g/mol. The molecule has 20 heavy (non-hydrogen) atoms. The minimum absolute atomic E-state index is 0.166. The topological polar surface area (TPSA) is 75.4 Å². The van der Waals surface area contributed by atoms with Crippen molar-refractivity contribution in [2.45, 2.75) is 25.3 Å². The number of benzene rings is 1. The summed E-state index contributed by atoms with van der Waals surface area (Å²) in [6.07, 6.45) is 2.67. The van der Waals surface area contributed by atoms with Crippen molar-refractivity contribution in [1.29, 1.82) is 0 Å². The van der Waals surface area contributed by atoms with Gasteiger partial charge in [0.1, 0.15) is 0 Å². The van der Waals surface area contributed by atoms with Crippen LogP contribution in [0.4, 0.5) is 5.69 Å². The number of hydrogen-bond donors (Lipinski definition) is 2. The molecule has 1 atom stereocenters. The molecule has 0 radical (unpaired) electrons. The lowest BCUT2D eigenvalue weighted by Crippen LogP contribution is -2.50. The van der Waals surface area contributed by atoms with Gasteiger partial charge in [-0.3, -0.25) is 14.5 Å². The van der Waals surface area contributed by atoms with Crippen LogP contribution < -0.4 is 11.1 Å². The van der Waals surface area contributed by atoms with Crippen molar-refractivity contribution in [2.24, 2.45) is 5.73 Å². The standard InChI is InChI=1S/C14H18ClN3O2/c15-10-4-3-5-11(8-10)17-13(19)9-18-7-2-1-6-12(18)14(16)20/h3-5,8,12H,1-2,6-7,9H2,(H2,16,20)(H,17,19)/t12-/m0/s1. The molecule has 0 saturated carbocycles. The molecule has 2 amide bonds. The molecular formula is C14H18ClN3O2. The van der Waals surface area contributed by atoms with E-state index in [0.29, 0.717) is 10.7 Å². The van der Waals surface area contributed by atoms with Gasteiger partial charge in [-0.25, -0.2) is 0 Å². The van der Waals surface area contributed by atoms with Gasteiger partial charge in [0, 0.05) is 10.7 Å². The molecular weight excluding hydrogens is 278 g/mol. The second-order valence-electron chi connectivity index (χ2n) is 4.94. The van der Waals surface area contributed by atoms with E-state index in [2.05, 4.69) is 5.32 Å². The third-order valence-electron chi connectivity index (χ3n) is 3.40. The number of amides is 2. The predicted octanol–water partition coefficient (Wildman–Crippen LogP) is 1.62. The third kappa shape index (κ3) is 3.95. The number of halogens is 1. The van der Waals surface area contributed by atoms with E-state index in [1.165, 1.54) is 0 Å². The quantitative estimate of drug-likeness (QED) is 0.886. The Hall–Kier alpha value is -1.59. The maximum Gasteiger partial charge on any atom is 0.238 e. The normalized spacial score (nSPS) is 19.6. The molecule has 0 unspecified atom stereocenters. The van der Waals surface area contributed by atoms with E-state index in [1.807, 2.05) is 4.90 Å². The Balaban J connectivity index is 1.94. The molecule has 1 aromatic carbocycles.